The first-order valence-electron chi connectivity index (χ1n) is 6.65. The first kappa shape index (κ1) is 15.5. The number of hydrogen-bond acceptors (Lipinski definition) is 3. The number of carbonyl (C=O) groups excluding carboxylic acids is 1. The predicted molar refractivity (Wildman–Crippen MR) is 75.2 cm³/mol. The number of nitrogens with zero attached hydrogens (tertiary/aromatic N) is 1. The van der Waals surface area contributed by atoms with Gasteiger partial charge in [0, 0.05) is 5.67 Å². The molecule has 0 aromatic carbocycles. The maximum absolute atomic E-state index is 12.3. The molecular weight excluding hydrogens is 246 g/mol. The van der Waals surface area contributed by atoms with Crippen molar-refractivity contribution in [1.82, 2.24) is 4.90 Å². The second-order valence-electron chi connectivity index (χ2n) is 7.03. The fourth-order valence-corrected chi connectivity index (χ4v) is 4.40. The van der Waals surface area contributed by atoms with Crippen LogP contribution in [0.4, 0.5) is 4.79 Å². The topological polar surface area (TPSA) is 38.8 Å². The van der Waals surface area contributed by atoms with Crippen molar-refractivity contribution in [1.29, 1.82) is 0 Å². The van der Waals surface area contributed by atoms with E-state index in [2.05, 4.69) is 19.6 Å². The minimum absolute atomic E-state index is 0.190. The highest BCUT2D eigenvalue weighted by Crippen LogP contribution is 2.27. The summed E-state index contributed by atoms with van der Waals surface area (Å²) in [4.78, 5) is 14.1. The van der Waals surface area contributed by atoms with Gasteiger partial charge in [0.05, 0.1) is 14.7 Å². The van der Waals surface area contributed by atoms with Crippen molar-refractivity contribution in [2.75, 3.05) is 6.61 Å². The SMILES string of the molecule is CC1OCCC([Si](C)(C)C)N1C(=O)OC(C)(C)C. The van der Waals surface area contributed by atoms with Crippen molar-refractivity contribution in [2.24, 2.45) is 0 Å². The monoisotopic (exact) mass is 273 g/mol. The van der Waals surface area contributed by atoms with Gasteiger partial charge in [0.2, 0.25) is 0 Å². The van der Waals surface area contributed by atoms with E-state index in [1.807, 2.05) is 27.7 Å². The third kappa shape index (κ3) is 3.98. The molecule has 1 amide bonds. The number of amides is 1. The summed E-state index contributed by atoms with van der Waals surface area (Å²) in [6.45, 7) is 15.2. The van der Waals surface area contributed by atoms with E-state index in [-0.39, 0.29) is 18.0 Å². The van der Waals surface area contributed by atoms with Crippen LogP contribution in [0.15, 0.2) is 0 Å². The van der Waals surface area contributed by atoms with Crippen LogP contribution in [0.5, 0.6) is 0 Å². The van der Waals surface area contributed by atoms with Crippen LogP contribution in [0.1, 0.15) is 34.1 Å². The van der Waals surface area contributed by atoms with Crippen molar-refractivity contribution in [3.63, 3.8) is 0 Å². The van der Waals surface area contributed by atoms with Crippen LogP contribution in [0.3, 0.4) is 0 Å². The largest absolute Gasteiger partial charge is 0.444 e. The zero-order valence-corrected chi connectivity index (χ0v) is 13.7. The third-order valence-electron chi connectivity index (χ3n) is 3.08. The Morgan fingerprint density at radius 1 is 1.33 bits per heavy atom. The first-order valence-corrected chi connectivity index (χ1v) is 10.2. The van der Waals surface area contributed by atoms with Gasteiger partial charge in [0.15, 0.2) is 0 Å². The summed E-state index contributed by atoms with van der Waals surface area (Å²) >= 11 is 0. The summed E-state index contributed by atoms with van der Waals surface area (Å²) in [6, 6.07) is 0. The molecule has 0 aromatic heterocycles. The molecule has 1 rings (SSSR count). The summed E-state index contributed by atoms with van der Waals surface area (Å²) in [5.41, 5.74) is -0.172. The molecule has 5 heteroatoms. The Labute approximate surface area is 112 Å². The molecule has 1 aliphatic heterocycles. The van der Waals surface area contributed by atoms with E-state index in [4.69, 9.17) is 9.47 Å². The first-order chi connectivity index (χ1) is 8.02. The van der Waals surface area contributed by atoms with Gasteiger partial charge in [-0.2, -0.15) is 0 Å². The number of ether oxygens (including phenoxy) is 2. The molecule has 2 unspecified atom stereocenters. The molecule has 1 saturated heterocycles. The van der Waals surface area contributed by atoms with Crippen LogP contribution < -0.4 is 0 Å². The molecule has 4 nitrogen and oxygen atoms in total. The molecule has 1 aliphatic rings. The van der Waals surface area contributed by atoms with E-state index in [0.29, 0.717) is 0 Å². The summed E-state index contributed by atoms with van der Waals surface area (Å²) in [6.07, 6.45) is 0.478. The van der Waals surface area contributed by atoms with E-state index in [1.54, 1.807) is 4.90 Å². The number of hydrogen-bond donors (Lipinski definition) is 0. The zero-order chi connectivity index (χ0) is 14.1. The lowest BCUT2D eigenvalue weighted by molar-refractivity contribution is -0.0964. The fourth-order valence-electron chi connectivity index (χ4n) is 2.26. The van der Waals surface area contributed by atoms with Crippen LogP contribution in [-0.2, 0) is 9.47 Å². The average Bonchev–Trinajstić information content (AvgIpc) is 2.12. The minimum atomic E-state index is -1.45. The van der Waals surface area contributed by atoms with Gasteiger partial charge in [-0.25, -0.2) is 4.79 Å². The van der Waals surface area contributed by atoms with Gasteiger partial charge in [0.25, 0.3) is 0 Å². The molecular formula is C13H27NO3Si. The summed E-state index contributed by atoms with van der Waals surface area (Å²) in [5, 5.41) is 0. The lowest BCUT2D eigenvalue weighted by Gasteiger charge is -2.45. The minimum Gasteiger partial charge on any atom is -0.444 e. The molecule has 0 radical (unpaired) electrons. The summed E-state index contributed by atoms with van der Waals surface area (Å²) in [7, 11) is -1.45. The molecule has 1 heterocycles. The average molecular weight is 273 g/mol. The van der Waals surface area contributed by atoms with Gasteiger partial charge in [-0.15, -0.1) is 0 Å². The Hall–Kier alpha value is -0.553. The molecule has 0 saturated carbocycles. The molecule has 1 fully saturated rings. The van der Waals surface area contributed by atoms with Gasteiger partial charge in [-0.05, 0) is 34.1 Å². The van der Waals surface area contributed by atoms with E-state index in [0.717, 1.165) is 13.0 Å². The Morgan fingerprint density at radius 3 is 2.33 bits per heavy atom. The van der Waals surface area contributed by atoms with Crippen LogP contribution >= 0.6 is 0 Å². The lowest BCUT2D eigenvalue weighted by atomic mass is 10.2. The maximum atomic E-state index is 12.3. The smallest absolute Gasteiger partial charge is 0.412 e. The van der Waals surface area contributed by atoms with Crippen molar-refractivity contribution in [3.8, 4) is 0 Å². The number of rotatable bonds is 1. The van der Waals surface area contributed by atoms with Crippen LogP contribution in [-0.4, -0.2) is 43.2 Å². The van der Waals surface area contributed by atoms with Crippen molar-refractivity contribution >= 4 is 14.2 Å². The van der Waals surface area contributed by atoms with Crippen LogP contribution in [0, 0.1) is 0 Å². The second-order valence-corrected chi connectivity index (χ2v) is 12.4. The van der Waals surface area contributed by atoms with Gasteiger partial charge < -0.3 is 9.47 Å². The molecule has 0 aliphatic carbocycles. The van der Waals surface area contributed by atoms with E-state index >= 15 is 0 Å². The summed E-state index contributed by atoms with van der Waals surface area (Å²) in [5.74, 6) is 0. The maximum Gasteiger partial charge on any atom is 0.412 e. The molecule has 18 heavy (non-hydrogen) atoms. The predicted octanol–water partition coefficient (Wildman–Crippen LogP) is 3.24. The molecule has 0 aromatic rings. The Balaban J connectivity index is 2.88. The number of carbonyl (C=O) groups is 1. The molecule has 2 atom stereocenters. The molecule has 0 N–H and O–H groups in total. The molecule has 0 bridgehead atoms. The molecule has 106 valence electrons. The van der Waals surface area contributed by atoms with Crippen molar-refractivity contribution in [3.05, 3.63) is 0 Å². The standard InChI is InChI=1S/C13H27NO3Si/c1-10-14(12(15)17-13(2,3)4)11(8-9-16-10)18(5,6)7/h10-11H,8-9H2,1-7H3. The second kappa shape index (κ2) is 5.21. The van der Waals surface area contributed by atoms with Crippen molar-refractivity contribution in [2.45, 2.75) is 71.3 Å². The van der Waals surface area contributed by atoms with Gasteiger partial charge >= 0.3 is 6.09 Å². The van der Waals surface area contributed by atoms with Gasteiger partial charge in [-0.1, -0.05) is 19.6 Å². The Kier molecular flexibility index (Phi) is 4.49. The highest BCUT2D eigenvalue weighted by Gasteiger charge is 2.41. The van der Waals surface area contributed by atoms with Crippen LogP contribution in [0.25, 0.3) is 0 Å². The van der Waals surface area contributed by atoms with Crippen molar-refractivity contribution < 1.29 is 14.3 Å². The fraction of sp³-hybridized carbons (Fsp3) is 0.923. The lowest BCUT2D eigenvalue weighted by Crippen LogP contribution is -2.61. The highest BCUT2D eigenvalue weighted by atomic mass is 28.3. The highest BCUT2D eigenvalue weighted by molar-refractivity contribution is 6.77. The van der Waals surface area contributed by atoms with Gasteiger partial charge in [0.1, 0.15) is 11.8 Å². The zero-order valence-electron chi connectivity index (χ0n) is 12.7. The Bertz CT molecular complexity index is 306. The summed E-state index contributed by atoms with van der Waals surface area (Å²) < 4.78 is 11.1. The van der Waals surface area contributed by atoms with Crippen LogP contribution in [0.2, 0.25) is 19.6 Å². The van der Waals surface area contributed by atoms with E-state index in [1.165, 1.54) is 0 Å². The van der Waals surface area contributed by atoms with E-state index in [9.17, 15) is 4.79 Å². The molecule has 0 spiro atoms. The van der Waals surface area contributed by atoms with E-state index < -0.39 is 13.7 Å². The Morgan fingerprint density at radius 2 is 1.89 bits per heavy atom. The third-order valence-corrected chi connectivity index (χ3v) is 5.65. The van der Waals surface area contributed by atoms with Gasteiger partial charge in [-0.3, -0.25) is 4.90 Å². The quantitative estimate of drug-likeness (QED) is 0.688. The normalized spacial score (nSPS) is 26.1.